The van der Waals surface area contributed by atoms with Gasteiger partial charge in [-0.2, -0.15) is 5.26 Å². The summed E-state index contributed by atoms with van der Waals surface area (Å²) in [6.07, 6.45) is 2.35. The fraction of sp³-hybridized carbons (Fsp3) is 0.206. The van der Waals surface area contributed by atoms with Gasteiger partial charge in [0.2, 0.25) is 0 Å². The molecule has 0 bridgehead atoms. The fourth-order valence-electron chi connectivity index (χ4n) is 6.16. The minimum atomic E-state index is 0.742. The molecule has 5 aromatic carbocycles. The zero-order valence-corrected chi connectivity index (χ0v) is 21.8. The number of nitrogens with zero attached hydrogens (tertiary/aromatic N) is 2. The van der Waals surface area contributed by atoms with Crippen LogP contribution in [-0.2, 0) is 5.75 Å². The van der Waals surface area contributed by atoms with Gasteiger partial charge < -0.3 is 4.90 Å². The maximum absolute atomic E-state index is 10.5. The van der Waals surface area contributed by atoms with Crippen LogP contribution in [0.15, 0.2) is 89.8 Å². The van der Waals surface area contributed by atoms with Gasteiger partial charge in [0.15, 0.2) is 0 Å². The van der Waals surface area contributed by atoms with E-state index >= 15 is 0 Å². The molecular weight excluding hydrogens is 468 g/mol. The van der Waals surface area contributed by atoms with Crippen LogP contribution in [0.25, 0.3) is 43.8 Å². The van der Waals surface area contributed by atoms with Gasteiger partial charge in [0.1, 0.15) is 6.07 Å². The molecule has 0 atom stereocenters. The maximum Gasteiger partial charge on any atom is 0.102 e. The number of fused-ring (bicyclic) bond motifs is 6. The Labute approximate surface area is 222 Å². The number of rotatable bonds is 2. The highest BCUT2D eigenvalue weighted by atomic mass is 32.2. The Bertz CT molecular complexity index is 1720. The van der Waals surface area contributed by atoms with Crippen LogP contribution >= 0.6 is 11.8 Å². The molecule has 0 N–H and O–H groups in total. The lowest BCUT2D eigenvalue weighted by Crippen LogP contribution is -2.33. The van der Waals surface area contributed by atoms with E-state index < -0.39 is 0 Å². The predicted molar refractivity (Wildman–Crippen MR) is 157 cm³/mol. The number of thioether (sulfide) groups is 1. The third-order valence-electron chi connectivity index (χ3n) is 8.23. The number of piperidine rings is 1. The molecule has 0 amide bonds. The van der Waals surface area contributed by atoms with Gasteiger partial charge in [0.25, 0.3) is 0 Å². The zero-order valence-electron chi connectivity index (χ0n) is 21.0. The minimum absolute atomic E-state index is 0.742. The van der Waals surface area contributed by atoms with Gasteiger partial charge in [0, 0.05) is 29.3 Å². The first-order chi connectivity index (χ1) is 18.2. The topological polar surface area (TPSA) is 27.0 Å². The van der Waals surface area contributed by atoms with Crippen LogP contribution in [0.3, 0.4) is 0 Å². The molecule has 0 radical (unpaired) electrons. The van der Waals surface area contributed by atoms with Crippen molar-refractivity contribution in [2.45, 2.75) is 30.4 Å². The minimum Gasteiger partial charge on any atom is -0.370 e. The van der Waals surface area contributed by atoms with Crippen molar-refractivity contribution in [2.75, 3.05) is 18.0 Å². The lowest BCUT2D eigenvalue weighted by Gasteiger charge is -2.35. The standard InChI is InChI=1S/C34H28N2S/c1-22-14-16-36(17-15-22)32-19-29(31-21-37-33-9-5-4-8-28(33)34(31)30(32)20-35)25-12-13-27-24(18-25)11-10-23-6-2-3-7-26(23)27/h2-13,18-19,22H,14-17,21H2,1H3. The first-order valence-corrected chi connectivity index (χ1v) is 14.2. The molecule has 0 aliphatic carbocycles. The summed E-state index contributed by atoms with van der Waals surface area (Å²) in [6.45, 7) is 4.36. The number of benzene rings is 5. The predicted octanol–water partition coefficient (Wildman–Crippen LogP) is 9.04. The molecule has 0 saturated carbocycles. The molecule has 0 unspecified atom stereocenters. The zero-order chi connectivity index (χ0) is 24.9. The van der Waals surface area contributed by atoms with Crippen LogP contribution in [0, 0.1) is 17.2 Å². The first-order valence-electron chi connectivity index (χ1n) is 13.2. The van der Waals surface area contributed by atoms with E-state index in [0.29, 0.717) is 0 Å². The highest BCUT2D eigenvalue weighted by molar-refractivity contribution is 7.98. The molecule has 2 aliphatic heterocycles. The van der Waals surface area contributed by atoms with Crippen molar-refractivity contribution in [3.8, 4) is 28.3 Å². The van der Waals surface area contributed by atoms with E-state index in [1.54, 1.807) is 0 Å². The van der Waals surface area contributed by atoms with Crippen molar-refractivity contribution in [3.63, 3.8) is 0 Å². The summed E-state index contributed by atoms with van der Waals surface area (Å²) < 4.78 is 0. The van der Waals surface area contributed by atoms with Crippen molar-refractivity contribution in [3.05, 3.63) is 96.1 Å². The van der Waals surface area contributed by atoms with Crippen molar-refractivity contribution >= 4 is 39.0 Å². The van der Waals surface area contributed by atoms with Crippen LogP contribution in [0.1, 0.15) is 30.9 Å². The van der Waals surface area contributed by atoms with E-state index in [9.17, 15) is 5.26 Å². The SMILES string of the molecule is CC1CCN(c2cc(-c3ccc4c(ccc5ccccc54)c3)c3c(c2C#N)-c2ccccc2SC3)CC1. The van der Waals surface area contributed by atoms with Crippen LogP contribution in [0.4, 0.5) is 5.69 Å². The summed E-state index contributed by atoms with van der Waals surface area (Å²) in [5.41, 5.74) is 8.06. The number of nitriles is 1. The lowest BCUT2D eigenvalue weighted by molar-refractivity contribution is 0.438. The number of anilines is 1. The van der Waals surface area contributed by atoms with Gasteiger partial charge in [-0.05, 0) is 80.8 Å². The number of hydrogen-bond donors (Lipinski definition) is 0. The summed E-state index contributed by atoms with van der Waals surface area (Å²) in [5, 5.41) is 15.6. The Balaban J connectivity index is 1.48. The Morgan fingerprint density at radius 1 is 0.811 bits per heavy atom. The summed E-state index contributed by atoms with van der Waals surface area (Å²) >= 11 is 1.88. The molecule has 1 saturated heterocycles. The highest BCUT2D eigenvalue weighted by Gasteiger charge is 2.28. The van der Waals surface area contributed by atoms with Crippen LogP contribution in [0.2, 0.25) is 0 Å². The summed E-state index contributed by atoms with van der Waals surface area (Å²) in [6, 6.07) is 33.6. The van der Waals surface area contributed by atoms with Crippen LogP contribution in [-0.4, -0.2) is 13.1 Å². The molecule has 37 heavy (non-hydrogen) atoms. The molecule has 180 valence electrons. The molecule has 5 aromatic rings. The van der Waals surface area contributed by atoms with E-state index in [1.807, 2.05) is 11.8 Å². The van der Waals surface area contributed by atoms with E-state index in [1.165, 1.54) is 61.5 Å². The van der Waals surface area contributed by atoms with Crippen LogP contribution in [0.5, 0.6) is 0 Å². The highest BCUT2D eigenvalue weighted by Crippen LogP contribution is 2.49. The average molecular weight is 497 g/mol. The van der Waals surface area contributed by atoms with E-state index in [-0.39, 0.29) is 0 Å². The quantitative estimate of drug-likeness (QED) is 0.228. The lowest BCUT2D eigenvalue weighted by atomic mass is 9.86. The summed E-state index contributed by atoms with van der Waals surface area (Å²) in [7, 11) is 0. The first kappa shape index (κ1) is 22.5. The normalized spacial score (nSPS) is 15.4. The van der Waals surface area contributed by atoms with E-state index in [4.69, 9.17) is 0 Å². The van der Waals surface area contributed by atoms with Gasteiger partial charge >= 0.3 is 0 Å². The second kappa shape index (κ2) is 8.98. The molecule has 0 spiro atoms. The Kier molecular flexibility index (Phi) is 5.45. The Morgan fingerprint density at radius 3 is 2.43 bits per heavy atom. The van der Waals surface area contributed by atoms with Gasteiger partial charge in [-0.3, -0.25) is 0 Å². The second-order valence-electron chi connectivity index (χ2n) is 10.5. The van der Waals surface area contributed by atoms with Crippen molar-refractivity contribution in [1.82, 2.24) is 0 Å². The largest absolute Gasteiger partial charge is 0.370 e. The molecule has 1 fully saturated rings. The maximum atomic E-state index is 10.5. The van der Waals surface area contributed by atoms with Gasteiger partial charge in [-0.25, -0.2) is 0 Å². The summed E-state index contributed by atoms with van der Waals surface area (Å²) in [4.78, 5) is 3.73. The molecule has 7 rings (SSSR count). The fourth-order valence-corrected chi connectivity index (χ4v) is 7.26. The Hall–Kier alpha value is -3.74. The number of hydrogen-bond acceptors (Lipinski definition) is 3. The van der Waals surface area contributed by atoms with Crippen molar-refractivity contribution in [2.24, 2.45) is 5.92 Å². The average Bonchev–Trinajstić information content (AvgIpc) is 2.96. The second-order valence-corrected chi connectivity index (χ2v) is 11.5. The third kappa shape index (κ3) is 3.71. The Morgan fingerprint density at radius 2 is 1.57 bits per heavy atom. The molecule has 2 aliphatic rings. The third-order valence-corrected chi connectivity index (χ3v) is 9.33. The summed E-state index contributed by atoms with van der Waals surface area (Å²) in [5.74, 6) is 1.62. The van der Waals surface area contributed by atoms with E-state index in [2.05, 4.69) is 103 Å². The van der Waals surface area contributed by atoms with Gasteiger partial charge in [0.05, 0.1) is 11.3 Å². The molecule has 0 aromatic heterocycles. The molecular formula is C34H28N2S. The van der Waals surface area contributed by atoms with Crippen LogP contribution < -0.4 is 4.90 Å². The molecule has 2 heterocycles. The molecule has 3 heteroatoms. The molecule has 2 nitrogen and oxygen atoms in total. The van der Waals surface area contributed by atoms with Crippen molar-refractivity contribution in [1.29, 1.82) is 5.26 Å². The van der Waals surface area contributed by atoms with Gasteiger partial charge in [-0.1, -0.05) is 73.7 Å². The smallest absolute Gasteiger partial charge is 0.102 e. The van der Waals surface area contributed by atoms with E-state index in [0.717, 1.165) is 41.6 Å². The van der Waals surface area contributed by atoms with Gasteiger partial charge in [-0.15, -0.1) is 11.8 Å². The van der Waals surface area contributed by atoms with Crippen molar-refractivity contribution < 1.29 is 0 Å². The monoisotopic (exact) mass is 496 g/mol.